The van der Waals surface area contributed by atoms with Crippen molar-refractivity contribution in [1.29, 1.82) is 0 Å². The maximum Gasteiger partial charge on any atom is 0.393 e. The highest BCUT2D eigenvalue weighted by atomic mass is 32.2. The van der Waals surface area contributed by atoms with Crippen molar-refractivity contribution in [2.75, 3.05) is 13.1 Å². The molecule has 0 amide bonds. The van der Waals surface area contributed by atoms with Crippen molar-refractivity contribution in [1.82, 2.24) is 4.31 Å². The molecule has 22 heavy (non-hydrogen) atoms. The molecule has 1 saturated heterocycles. The number of benzene rings is 1. The standard InChI is InChI=1S/C12H13F3N2O4S/c13-12(14,15)9-2-1-7-16(8-9)22(20,21)11-5-3-10(4-6-11)17(18)19/h3-6,9H,1-2,7-8H2. The van der Waals surface area contributed by atoms with Gasteiger partial charge in [0.2, 0.25) is 10.0 Å². The summed E-state index contributed by atoms with van der Waals surface area (Å²) in [4.78, 5) is 9.60. The SMILES string of the molecule is O=[N+]([O-])c1ccc(S(=O)(=O)N2CCCC(C(F)(F)F)C2)cc1. The Bertz CT molecular complexity index is 658. The molecular weight excluding hydrogens is 325 g/mol. The molecular formula is C12H13F3N2O4S. The van der Waals surface area contributed by atoms with Crippen molar-refractivity contribution in [2.45, 2.75) is 23.9 Å². The lowest BCUT2D eigenvalue weighted by Crippen LogP contribution is -2.44. The topological polar surface area (TPSA) is 80.5 Å². The molecule has 1 aromatic rings. The summed E-state index contributed by atoms with van der Waals surface area (Å²) < 4.78 is 63.7. The van der Waals surface area contributed by atoms with E-state index in [1.165, 1.54) is 0 Å². The first-order chi connectivity index (χ1) is 10.1. The second-order valence-corrected chi connectivity index (χ2v) is 6.93. The zero-order chi connectivity index (χ0) is 16.5. The van der Waals surface area contributed by atoms with E-state index in [2.05, 4.69) is 0 Å². The zero-order valence-electron chi connectivity index (χ0n) is 11.3. The fourth-order valence-electron chi connectivity index (χ4n) is 2.32. The summed E-state index contributed by atoms with van der Waals surface area (Å²) >= 11 is 0. The van der Waals surface area contributed by atoms with E-state index in [1.807, 2.05) is 0 Å². The molecule has 0 N–H and O–H groups in total. The van der Waals surface area contributed by atoms with Gasteiger partial charge in [0.25, 0.3) is 5.69 Å². The first-order valence-electron chi connectivity index (χ1n) is 6.43. The largest absolute Gasteiger partial charge is 0.393 e. The van der Waals surface area contributed by atoms with Crippen LogP contribution >= 0.6 is 0 Å². The second kappa shape index (κ2) is 5.84. The van der Waals surface area contributed by atoms with Crippen LogP contribution in [0.25, 0.3) is 0 Å². The van der Waals surface area contributed by atoms with Crippen LogP contribution in [-0.2, 0) is 10.0 Å². The Labute approximate surface area is 124 Å². The minimum Gasteiger partial charge on any atom is -0.258 e. The minimum atomic E-state index is -4.44. The molecule has 2 rings (SSSR count). The van der Waals surface area contributed by atoms with Gasteiger partial charge in [-0.05, 0) is 25.0 Å². The molecule has 1 atom stereocenters. The van der Waals surface area contributed by atoms with Gasteiger partial charge in [0.05, 0.1) is 15.7 Å². The summed E-state index contributed by atoms with van der Waals surface area (Å²) in [6.45, 7) is -0.616. The van der Waals surface area contributed by atoms with Gasteiger partial charge in [-0.1, -0.05) is 0 Å². The third-order valence-electron chi connectivity index (χ3n) is 3.53. The van der Waals surface area contributed by atoms with Gasteiger partial charge < -0.3 is 0 Å². The maximum absolute atomic E-state index is 12.8. The zero-order valence-corrected chi connectivity index (χ0v) is 12.1. The molecule has 10 heteroatoms. The van der Waals surface area contributed by atoms with E-state index < -0.39 is 33.6 Å². The first kappa shape index (κ1) is 16.7. The van der Waals surface area contributed by atoms with Gasteiger partial charge in [-0.15, -0.1) is 0 Å². The van der Waals surface area contributed by atoms with Crippen LogP contribution < -0.4 is 0 Å². The number of alkyl halides is 3. The predicted molar refractivity (Wildman–Crippen MR) is 70.6 cm³/mol. The van der Waals surface area contributed by atoms with E-state index in [1.54, 1.807) is 0 Å². The van der Waals surface area contributed by atoms with E-state index in [0.29, 0.717) is 0 Å². The van der Waals surface area contributed by atoms with Crippen LogP contribution in [0.3, 0.4) is 0 Å². The van der Waals surface area contributed by atoms with Gasteiger partial charge in [-0.2, -0.15) is 17.5 Å². The Morgan fingerprint density at radius 2 is 1.82 bits per heavy atom. The monoisotopic (exact) mass is 338 g/mol. The van der Waals surface area contributed by atoms with Crippen LogP contribution in [-0.4, -0.2) is 36.9 Å². The highest BCUT2D eigenvalue weighted by Gasteiger charge is 2.44. The molecule has 1 aliphatic rings. The number of hydrogen-bond donors (Lipinski definition) is 0. The van der Waals surface area contributed by atoms with E-state index >= 15 is 0 Å². The van der Waals surface area contributed by atoms with E-state index in [0.717, 1.165) is 28.6 Å². The fraction of sp³-hybridized carbons (Fsp3) is 0.500. The van der Waals surface area contributed by atoms with Crippen LogP contribution in [0.2, 0.25) is 0 Å². The number of nitro benzene ring substituents is 1. The van der Waals surface area contributed by atoms with Crippen molar-refractivity contribution in [3.05, 3.63) is 34.4 Å². The fourth-order valence-corrected chi connectivity index (χ4v) is 3.84. The smallest absolute Gasteiger partial charge is 0.258 e. The number of nitrogens with zero attached hydrogens (tertiary/aromatic N) is 2. The summed E-state index contributed by atoms with van der Waals surface area (Å²) in [5.41, 5.74) is -0.286. The number of hydrogen-bond acceptors (Lipinski definition) is 4. The number of rotatable bonds is 3. The second-order valence-electron chi connectivity index (χ2n) is 4.99. The van der Waals surface area contributed by atoms with Gasteiger partial charge in [0.1, 0.15) is 0 Å². The van der Waals surface area contributed by atoms with Gasteiger partial charge in [0, 0.05) is 25.2 Å². The average Bonchev–Trinajstić information content (AvgIpc) is 2.46. The lowest BCUT2D eigenvalue weighted by Gasteiger charge is -2.32. The molecule has 1 heterocycles. The van der Waals surface area contributed by atoms with Crippen LogP contribution in [0.4, 0.5) is 18.9 Å². The average molecular weight is 338 g/mol. The van der Waals surface area contributed by atoms with Crippen molar-refractivity contribution in [2.24, 2.45) is 5.92 Å². The van der Waals surface area contributed by atoms with Crippen molar-refractivity contribution in [3.63, 3.8) is 0 Å². The van der Waals surface area contributed by atoms with Crippen LogP contribution in [0, 0.1) is 16.0 Å². The summed E-state index contributed by atoms with van der Waals surface area (Å²) in [6.07, 6.45) is -4.42. The van der Waals surface area contributed by atoms with Crippen molar-refractivity contribution in [3.8, 4) is 0 Å². The van der Waals surface area contributed by atoms with E-state index in [4.69, 9.17) is 0 Å². The van der Waals surface area contributed by atoms with Crippen molar-refractivity contribution >= 4 is 15.7 Å². The summed E-state index contributed by atoms with van der Waals surface area (Å²) in [5, 5.41) is 10.5. The Hall–Kier alpha value is -1.68. The van der Waals surface area contributed by atoms with Gasteiger partial charge in [0.15, 0.2) is 0 Å². The molecule has 0 saturated carbocycles. The van der Waals surface area contributed by atoms with Crippen LogP contribution in [0.15, 0.2) is 29.2 Å². The summed E-state index contributed by atoms with van der Waals surface area (Å²) in [7, 11) is -4.09. The number of nitro groups is 1. The molecule has 0 spiro atoms. The van der Waals surface area contributed by atoms with Crippen molar-refractivity contribution < 1.29 is 26.5 Å². The quantitative estimate of drug-likeness (QED) is 0.626. The number of halogens is 3. The van der Waals surface area contributed by atoms with Gasteiger partial charge in [-0.25, -0.2) is 8.42 Å². The highest BCUT2D eigenvalue weighted by molar-refractivity contribution is 7.89. The van der Waals surface area contributed by atoms with Crippen LogP contribution in [0.5, 0.6) is 0 Å². The lowest BCUT2D eigenvalue weighted by molar-refractivity contribution is -0.384. The Balaban J connectivity index is 2.24. The summed E-state index contributed by atoms with van der Waals surface area (Å²) in [5.74, 6) is -1.69. The van der Waals surface area contributed by atoms with Gasteiger partial charge >= 0.3 is 6.18 Å². The van der Waals surface area contributed by atoms with Crippen LogP contribution in [0.1, 0.15) is 12.8 Å². The minimum absolute atomic E-state index is 0.00585. The Morgan fingerprint density at radius 3 is 2.32 bits per heavy atom. The Kier molecular flexibility index (Phi) is 4.43. The third kappa shape index (κ3) is 3.38. The molecule has 0 radical (unpaired) electrons. The molecule has 122 valence electrons. The Morgan fingerprint density at radius 1 is 1.23 bits per heavy atom. The molecule has 1 unspecified atom stereocenters. The maximum atomic E-state index is 12.8. The number of sulfonamides is 1. The molecule has 0 bridgehead atoms. The molecule has 6 nitrogen and oxygen atoms in total. The lowest BCUT2D eigenvalue weighted by atomic mass is 9.99. The molecule has 1 aliphatic heterocycles. The van der Waals surface area contributed by atoms with E-state index in [9.17, 15) is 31.7 Å². The molecule has 1 fully saturated rings. The summed E-state index contributed by atoms with van der Waals surface area (Å²) in [6, 6.07) is 4.09. The van der Waals surface area contributed by atoms with Gasteiger partial charge in [-0.3, -0.25) is 10.1 Å². The number of piperidine rings is 1. The molecule has 0 aliphatic carbocycles. The first-order valence-corrected chi connectivity index (χ1v) is 7.87. The van der Waals surface area contributed by atoms with E-state index in [-0.39, 0.29) is 30.0 Å². The third-order valence-corrected chi connectivity index (χ3v) is 5.41. The molecule has 0 aromatic heterocycles. The molecule has 1 aromatic carbocycles. The normalized spacial score (nSPS) is 20.8. The highest BCUT2D eigenvalue weighted by Crippen LogP contribution is 2.35. The number of non-ortho nitro benzene ring substituents is 1. The predicted octanol–water partition coefficient (Wildman–Crippen LogP) is 2.56.